The summed E-state index contributed by atoms with van der Waals surface area (Å²) >= 11 is 0. The fourth-order valence-electron chi connectivity index (χ4n) is 2.52. The first kappa shape index (κ1) is 10.7. The molecule has 2 atom stereocenters. The quantitative estimate of drug-likeness (QED) is 0.630. The molecule has 4 heteroatoms. The van der Waals surface area contributed by atoms with Crippen molar-refractivity contribution in [3.63, 3.8) is 0 Å². The van der Waals surface area contributed by atoms with Gasteiger partial charge in [-0.3, -0.25) is 4.90 Å². The summed E-state index contributed by atoms with van der Waals surface area (Å²) < 4.78 is 5.43. The Kier molecular flexibility index (Phi) is 2.63. The van der Waals surface area contributed by atoms with Gasteiger partial charge in [0, 0.05) is 0 Å². The van der Waals surface area contributed by atoms with Crippen LogP contribution in [0.5, 0.6) is 0 Å². The number of carbonyl (C=O) groups is 1. The Morgan fingerprint density at radius 1 is 1.27 bits per heavy atom. The average Bonchev–Trinajstić information content (AvgIpc) is 2.34. The third-order valence-corrected chi connectivity index (χ3v) is 3.10. The van der Waals surface area contributed by atoms with Crippen molar-refractivity contribution in [1.82, 2.24) is 4.90 Å². The summed E-state index contributed by atoms with van der Waals surface area (Å²) in [5, 5.41) is 2.31. The Hall–Kier alpha value is -0.770. The lowest BCUT2D eigenvalue weighted by molar-refractivity contribution is -0.670. The lowest BCUT2D eigenvalue weighted by atomic mass is 10.2. The average molecular weight is 213 g/mol. The zero-order valence-electron chi connectivity index (χ0n) is 9.82. The Balaban J connectivity index is 2.01. The summed E-state index contributed by atoms with van der Waals surface area (Å²) in [6.07, 6.45) is 2.16. The normalized spacial score (nSPS) is 30.5. The molecular formula is C11H21N2O2+. The first-order valence-corrected chi connectivity index (χ1v) is 5.80. The van der Waals surface area contributed by atoms with Gasteiger partial charge in [-0.2, -0.15) is 0 Å². The molecule has 15 heavy (non-hydrogen) atoms. The third kappa shape index (κ3) is 2.25. The number of hydrogen-bond acceptors (Lipinski definition) is 2. The van der Waals surface area contributed by atoms with E-state index in [9.17, 15) is 4.79 Å². The van der Waals surface area contributed by atoms with Crippen molar-refractivity contribution < 1.29 is 14.8 Å². The van der Waals surface area contributed by atoms with E-state index in [4.69, 9.17) is 4.74 Å². The van der Waals surface area contributed by atoms with E-state index in [1.165, 1.54) is 0 Å². The fourth-order valence-corrected chi connectivity index (χ4v) is 2.52. The summed E-state index contributed by atoms with van der Waals surface area (Å²) in [6.45, 7) is 7.83. The Bertz CT molecular complexity index is 244. The minimum absolute atomic E-state index is 0.122. The lowest BCUT2D eigenvalue weighted by Crippen LogP contribution is -2.92. The maximum Gasteiger partial charge on any atom is 0.411 e. The summed E-state index contributed by atoms with van der Waals surface area (Å²) in [6, 6.07) is 0.803. The van der Waals surface area contributed by atoms with Crippen molar-refractivity contribution >= 4 is 6.09 Å². The molecule has 2 N–H and O–H groups in total. The standard InChI is InChI=1S/C11H20N2O2/c1-11(2,3)15-10(14)13-8-4-5-9(13)7-12-6-8/h8-9,12H,4-7H2,1-3H3/p+1/t8-,9+. The number of amides is 1. The maximum absolute atomic E-state index is 12.0. The van der Waals surface area contributed by atoms with E-state index >= 15 is 0 Å². The molecule has 2 fully saturated rings. The lowest BCUT2D eigenvalue weighted by Gasteiger charge is -2.34. The van der Waals surface area contributed by atoms with E-state index in [0.29, 0.717) is 12.1 Å². The minimum Gasteiger partial charge on any atom is -0.444 e. The predicted octanol–water partition coefficient (Wildman–Crippen LogP) is 0.332. The monoisotopic (exact) mass is 213 g/mol. The second-order valence-corrected chi connectivity index (χ2v) is 5.53. The number of ether oxygens (including phenoxy) is 1. The highest BCUT2D eigenvalue weighted by atomic mass is 16.6. The van der Waals surface area contributed by atoms with Crippen LogP contribution in [0.25, 0.3) is 0 Å². The van der Waals surface area contributed by atoms with Crippen LogP contribution in [-0.4, -0.2) is 41.8 Å². The van der Waals surface area contributed by atoms with Crippen molar-refractivity contribution in [2.45, 2.75) is 51.3 Å². The molecule has 2 saturated heterocycles. The van der Waals surface area contributed by atoms with E-state index in [0.717, 1.165) is 25.9 Å². The molecule has 0 aromatic carbocycles. The van der Waals surface area contributed by atoms with Crippen LogP contribution >= 0.6 is 0 Å². The smallest absolute Gasteiger partial charge is 0.411 e. The molecule has 2 heterocycles. The molecule has 0 aliphatic carbocycles. The Morgan fingerprint density at radius 2 is 1.80 bits per heavy atom. The maximum atomic E-state index is 12.0. The van der Waals surface area contributed by atoms with Gasteiger partial charge in [-0.05, 0) is 33.6 Å². The highest BCUT2D eigenvalue weighted by Crippen LogP contribution is 2.26. The van der Waals surface area contributed by atoms with Crippen LogP contribution in [0.15, 0.2) is 0 Å². The molecule has 0 aromatic heterocycles. The Labute approximate surface area is 91.0 Å². The van der Waals surface area contributed by atoms with E-state index in [1.807, 2.05) is 25.7 Å². The third-order valence-electron chi connectivity index (χ3n) is 3.10. The van der Waals surface area contributed by atoms with E-state index in [-0.39, 0.29) is 11.7 Å². The summed E-state index contributed by atoms with van der Waals surface area (Å²) in [5.74, 6) is 0. The van der Waals surface area contributed by atoms with Gasteiger partial charge >= 0.3 is 6.09 Å². The van der Waals surface area contributed by atoms with Gasteiger partial charge in [-0.15, -0.1) is 0 Å². The summed E-state index contributed by atoms with van der Waals surface area (Å²) in [4.78, 5) is 13.9. The van der Waals surface area contributed by atoms with E-state index < -0.39 is 0 Å². The van der Waals surface area contributed by atoms with Gasteiger partial charge in [0.15, 0.2) is 0 Å². The zero-order chi connectivity index (χ0) is 11.1. The number of nitrogens with zero attached hydrogens (tertiary/aromatic N) is 1. The number of piperazine rings is 1. The molecule has 1 amide bonds. The first-order valence-electron chi connectivity index (χ1n) is 5.80. The number of hydrogen-bond donors (Lipinski definition) is 1. The van der Waals surface area contributed by atoms with Crippen molar-refractivity contribution in [3.8, 4) is 0 Å². The number of nitrogens with two attached hydrogens (primary N) is 1. The second-order valence-electron chi connectivity index (χ2n) is 5.53. The fraction of sp³-hybridized carbons (Fsp3) is 0.909. The van der Waals surface area contributed by atoms with Crippen LogP contribution in [0.1, 0.15) is 33.6 Å². The largest absolute Gasteiger partial charge is 0.444 e. The van der Waals surface area contributed by atoms with E-state index in [1.54, 1.807) is 0 Å². The zero-order valence-corrected chi connectivity index (χ0v) is 9.82. The predicted molar refractivity (Wildman–Crippen MR) is 56.5 cm³/mol. The molecule has 4 nitrogen and oxygen atoms in total. The Morgan fingerprint density at radius 3 is 2.27 bits per heavy atom. The highest BCUT2D eigenvalue weighted by molar-refractivity contribution is 5.69. The SMILES string of the molecule is CC(C)(C)OC(=O)N1[C@@H]2CC[C@H]1C[NH2+]C2. The van der Waals surface area contributed by atoms with Gasteiger partial charge in [0.25, 0.3) is 0 Å². The van der Waals surface area contributed by atoms with Crippen molar-refractivity contribution in [1.29, 1.82) is 0 Å². The van der Waals surface area contributed by atoms with Gasteiger partial charge in [0.2, 0.25) is 0 Å². The van der Waals surface area contributed by atoms with Crippen LogP contribution in [-0.2, 0) is 4.74 Å². The van der Waals surface area contributed by atoms with E-state index in [2.05, 4.69) is 5.32 Å². The second kappa shape index (κ2) is 3.67. The first-order chi connectivity index (χ1) is 6.97. The number of quaternary nitrogens is 1. The molecular weight excluding hydrogens is 192 g/mol. The molecule has 2 rings (SSSR count). The van der Waals surface area contributed by atoms with Crippen LogP contribution < -0.4 is 5.32 Å². The molecule has 2 aliphatic rings. The van der Waals surface area contributed by atoms with Crippen LogP contribution in [0.3, 0.4) is 0 Å². The topological polar surface area (TPSA) is 46.1 Å². The van der Waals surface area contributed by atoms with Gasteiger partial charge in [0.05, 0.1) is 25.2 Å². The molecule has 2 bridgehead atoms. The van der Waals surface area contributed by atoms with Gasteiger partial charge < -0.3 is 10.1 Å². The van der Waals surface area contributed by atoms with Crippen LogP contribution in [0, 0.1) is 0 Å². The summed E-state index contributed by atoms with van der Waals surface area (Å²) in [5.41, 5.74) is -0.377. The highest BCUT2D eigenvalue weighted by Gasteiger charge is 2.43. The van der Waals surface area contributed by atoms with Gasteiger partial charge in [-0.25, -0.2) is 4.79 Å². The van der Waals surface area contributed by atoms with Gasteiger partial charge in [-0.1, -0.05) is 0 Å². The number of rotatable bonds is 0. The van der Waals surface area contributed by atoms with Crippen molar-refractivity contribution in [2.24, 2.45) is 0 Å². The van der Waals surface area contributed by atoms with Gasteiger partial charge in [0.1, 0.15) is 5.60 Å². The molecule has 0 spiro atoms. The minimum atomic E-state index is -0.377. The molecule has 0 aromatic rings. The number of carbonyl (C=O) groups excluding carboxylic acids is 1. The molecule has 0 unspecified atom stereocenters. The molecule has 0 saturated carbocycles. The van der Waals surface area contributed by atoms with Crippen molar-refractivity contribution in [3.05, 3.63) is 0 Å². The molecule has 86 valence electrons. The van der Waals surface area contributed by atoms with Crippen molar-refractivity contribution in [2.75, 3.05) is 13.1 Å². The van der Waals surface area contributed by atoms with Crippen LogP contribution in [0.2, 0.25) is 0 Å². The molecule has 0 radical (unpaired) electrons. The summed E-state index contributed by atoms with van der Waals surface area (Å²) in [7, 11) is 0. The van der Waals surface area contributed by atoms with Crippen LogP contribution in [0.4, 0.5) is 4.79 Å². The number of fused-ring (bicyclic) bond motifs is 2. The molecule has 2 aliphatic heterocycles.